The molecule has 0 aromatic heterocycles. The van der Waals surface area contributed by atoms with Gasteiger partial charge in [-0.3, -0.25) is 9.59 Å². The van der Waals surface area contributed by atoms with Crippen LogP contribution in [0.5, 0.6) is 5.75 Å². The summed E-state index contributed by atoms with van der Waals surface area (Å²) in [5.41, 5.74) is 2.45. The number of carbonyl (C=O) groups is 2. The van der Waals surface area contributed by atoms with Gasteiger partial charge in [-0.2, -0.15) is 0 Å². The molecule has 0 radical (unpaired) electrons. The largest absolute Gasteiger partial charge is 0.497 e. The second-order valence-corrected chi connectivity index (χ2v) is 11.6. The van der Waals surface area contributed by atoms with E-state index in [1.54, 1.807) is 43.5 Å². The smallest absolute Gasteiger partial charge is 0.255 e. The van der Waals surface area contributed by atoms with E-state index >= 15 is 0 Å². The summed E-state index contributed by atoms with van der Waals surface area (Å²) in [5, 5.41) is 6.00. The molecule has 0 aliphatic carbocycles. The third-order valence-corrected chi connectivity index (χ3v) is 8.71. The first-order valence-electron chi connectivity index (χ1n) is 14.6. The average Bonchev–Trinajstić information content (AvgIpc) is 3.70. The number of carbonyl (C=O) groups excluding carboxylic acids is 2. The van der Waals surface area contributed by atoms with E-state index in [9.17, 15) is 9.59 Å². The molecule has 3 fully saturated rings. The lowest BCUT2D eigenvalue weighted by molar-refractivity contribution is -0.138. The Bertz CT molecular complexity index is 1730. The number of anilines is 2. The summed E-state index contributed by atoms with van der Waals surface area (Å²) in [6.07, 6.45) is -1.15. The van der Waals surface area contributed by atoms with Crippen LogP contribution in [0, 0.1) is 0 Å². The van der Waals surface area contributed by atoms with Crippen molar-refractivity contribution in [3.8, 4) is 5.75 Å². The summed E-state index contributed by atoms with van der Waals surface area (Å²) >= 11 is 0. The van der Waals surface area contributed by atoms with Gasteiger partial charge in [-0.1, -0.05) is 48.5 Å². The van der Waals surface area contributed by atoms with E-state index < -0.39 is 23.7 Å². The SMILES string of the molecule is COc1cccc(C(=O)Nc2cccc([C@]3(C)O[C@@H]4N5[C@H](CO[C@H]53)O[C@@]4(C)c3cccc(NC(=O)c4ccccc4)c3)c2)c1. The molecule has 0 saturated carbocycles. The molecular weight excluding hydrogens is 558 g/mol. The van der Waals surface area contributed by atoms with Crippen LogP contribution in [0.4, 0.5) is 11.4 Å². The molecule has 0 unspecified atom stereocenters. The molecule has 4 aromatic rings. The third-order valence-electron chi connectivity index (χ3n) is 8.71. The van der Waals surface area contributed by atoms with Gasteiger partial charge in [0.05, 0.1) is 13.7 Å². The van der Waals surface area contributed by atoms with E-state index in [1.807, 2.05) is 80.6 Å². The molecule has 7 rings (SSSR count). The van der Waals surface area contributed by atoms with Gasteiger partial charge >= 0.3 is 0 Å². The van der Waals surface area contributed by atoms with Crippen LogP contribution in [0.1, 0.15) is 45.7 Å². The topological polar surface area (TPSA) is 98.4 Å². The molecule has 3 saturated heterocycles. The van der Waals surface area contributed by atoms with Gasteiger partial charge in [-0.15, -0.1) is 0 Å². The maximum atomic E-state index is 13.0. The second kappa shape index (κ2) is 10.9. The van der Waals surface area contributed by atoms with Gasteiger partial charge in [0.15, 0.2) is 0 Å². The van der Waals surface area contributed by atoms with E-state index in [0.29, 0.717) is 34.9 Å². The lowest BCUT2D eigenvalue weighted by Crippen LogP contribution is -2.40. The van der Waals surface area contributed by atoms with Crippen LogP contribution in [0.25, 0.3) is 0 Å². The average molecular weight is 592 g/mol. The predicted octanol–water partition coefficient (Wildman–Crippen LogP) is 5.70. The Hall–Kier alpha value is -4.54. The van der Waals surface area contributed by atoms with Gasteiger partial charge in [0, 0.05) is 22.5 Å². The highest BCUT2D eigenvalue weighted by atomic mass is 16.7. The van der Waals surface area contributed by atoms with Crippen molar-refractivity contribution < 1.29 is 28.5 Å². The quantitative estimate of drug-likeness (QED) is 0.285. The molecule has 9 heteroatoms. The first-order valence-corrected chi connectivity index (χ1v) is 14.6. The lowest BCUT2D eigenvalue weighted by Gasteiger charge is -2.33. The second-order valence-electron chi connectivity index (χ2n) is 11.6. The van der Waals surface area contributed by atoms with Gasteiger partial charge in [-0.05, 0) is 79.6 Å². The first kappa shape index (κ1) is 28.2. The molecule has 4 aromatic carbocycles. The van der Waals surface area contributed by atoms with Crippen molar-refractivity contribution >= 4 is 23.2 Å². The van der Waals surface area contributed by atoms with Crippen molar-refractivity contribution in [2.24, 2.45) is 0 Å². The molecule has 44 heavy (non-hydrogen) atoms. The summed E-state index contributed by atoms with van der Waals surface area (Å²) in [6, 6.07) is 31.5. The Morgan fingerprint density at radius 3 is 1.98 bits per heavy atom. The number of methoxy groups -OCH3 is 1. The van der Waals surface area contributed by atoms with Crippen LogP contribution in [0.15, 0.2) is 103 Å². The fraction of sp³-hybridized carbons (Fsp3) is 0.257. The predicted molar refractivity (Wildman–Crippen MR) is 164 cm³/mol. The highest BCUT2D eigenvalue weighted by Gasteiger charge is 2.68. The number of nitrogens with zero attached hydrogens (tertiary/aromatic N) is 1. The van der Waals surface area contributed by atoms with Crippen molar-refractivity contribution in [3.05, 3.63) is 125 Å². The molecule has 3 heterocycles. The van der Waals surface area contributed by atoms with Crippen LogP contribution in [-0.2, 0) is 25.4 Å². The molecule has 3 aliphatic heterocycles. The number of hydrogen-bond acceptors (Lipinski definition) is 7. The van der Waals surface area contributed by atoms with Gasteiger partial charge in [-0.25, -0.2) is 4.90 Å². The number of amides is 2. The van der Waals surface area contributed by atoms with Crippen LogP contribution in [0.2, 0.25) is 0 Å². The fourth-order valence-electron chi connectivity index (χ4n) is 6.39. The first-order chi connectivity index (χ1) is 21.3. The van der Waals surface area contributed by atoms with Crippen molar-refractivity contribution in [1.82, 2.24) is 4.90 Å². The Balaban J connectivity index is 1.14. The number of ether oxygens (including phenoxy) is 4. The third kappa shape index (κ3) is 4.74. The Labute approximate surface area is 255 Å². The maximum absolute atomic E-state index is 13.0. The number of benzene rings is 4. The minimum absolute atomic E-state index is 0.183. The highest BCUT2D eigenvalue weighted by molar-refractivity contribution is 6.05. The van der Waals surface area contributed by atoms with Gasteiger partial charge in [0.1, 0.15) is 35.6 Å². The summed E-state index contributed by atoms with van der Waals surface area (Å²) in [4.78, 5) is 28.0. The number of hydrogen-bond donors (Lipinski definition) is 2. The molecule has 0 bridgehead atoms. The summed E-state index contributed by atoms with van der Waals surface area (Å²) < 4.78 is 25.0. The van der Waals surface area contributed by atoms with Crippen LogP contribution in [0.3, 0.4) is 0 Å². The van der Waals surface area contributed by atoms with Crippen LogP contribution < -0.4 is 15.4 Å². The van der Waals surface area contributed by atoms with Crippen LogP contribution >= 0.6 is 0 Å². The highest BCUT2D eigenvalue weighted by Crippen LogP contribution is 2.56. The molecule has 9 nitrogen and oxygen atoms in total. The van der Waals surface area contributed by atoms with E-state index in [-0.39, 0.29) is 18.0 Å². The zero-order chi connectivity index (χ0) is 30.5. The zero-order valence-corrected chi connectivity index (χ0v) is 24.7. The van der Waals surface area contributed by atoms with Crippen molar-refractivity contribution in [2.75, 3.05) is 24.4 Å². The maximum Gasteiger partial charge on any atom is 0.255 e. The standard InChI is InChI=1S/C35H33N3O6/c1-34(24-13-8-16-27(19-24)37-31(40)23-12-7-17-28(18-23)41-3)32-38-29(21-42-32)43-35(2,33(38)44-34)25-14-9-15-26(20-25)36-30(39)22-10-5-4-6-11-22/h4-20,29,32-33H,21H2,1-3H3,(H,36,39)(H,37,40)/t29-,32-,33-,34-,35-/m0/s1. The monoisotopic (exact) mass is 591 g/mol. The van der Waals surface area contributed by atoms with Gasteiger partial charge in [0.2, 0.25) is 0 Å². The molecule has 0 spiro atoms. The summed E-state index contributed by atoms with van der Waals surface area (Å²) in [7, 11) is 1.57. The van der Waals surface area contributed by atoms with E-state index in [4.69, 9.17) is 18.9 Å². The Morgan fingerprint density at radius 1 is 0.727 bits per heavy atom. The molecular formula is C35H33N3O6. The fourth-order valence-corrected chi connectivity index (χ4v) is 6.39. The molecule has 3 aliphatic rings. The van der Waals surface area contributed by atoms with E-state index in [1.165, 1.54) is 0 Å². The van der Waals surface area contributed by atoms with Gasteiger partial charge in [0.25, 0.3) is 11.8 Å². The minimum atomic E-state index is -0.847. The summed E-state index contributed by atoms with van der Waals surface area (Å²) in [6.45, 7) is 4.42. The Kier molecular flexibility index (Phi) is 6.98. The molecule has 2 N–H and O–H groups in total. The lowest BCUT2D eigenvalue weighted by atomic mass is 9.93. The number of rotatable bonds is 7. The normalized spacial score (nSPS) is 27.1. The van der Waals surface area contributed by atoms with E-state index in [2.05, 4.69) is 15.5 Å². The van der Waals surface area contributed by atoms with Crippen molar-refractivity contribution in [1.29, 1.82) is 0 Å². The zero-order valence-electron chi connectivity index (χ0n) is 24.7. The Morgan fingerprint density at radius 2 is 1.32 bits per heavy atom. The van der Waals surface area contributed by atoms with Crippen molar-refractivity contribution in [3.63, 3.8) is 0 Å². The minimum Gasteiger partial charge on any atom is -0.497 e. The molecule has 224 valence electrons. The molecule has 2 amide bonds. The number of nitrogens with one attached hydrogen (secondary N) is 2. The molecule has 5 atom stereocenters. The van der Waals surface area contributed by atoms with Gasteiger partial charge < -0.3 is 29.6 Å². The van der Waals surface area contributed by atoms with Crippen LogP contribution in [-0.4, -0.2) is 49.1 Å². The van der Waals surface area contributed by atoms with E-state index in [0.717, 1.165) is 11.1 Å². The van der Waals surface area contributed by atoms with Crippen molar-refractivity contribution in [2.45, 2.75) is 43.7 Å². The summed E-state index contributed by atoms with van der Waals surface area (Å²) in [5.74, 6) is 0.190.